The lowest BCUT2D eigenvalue weighted by Crippen LogP contribution is -2.60. The average Bonchev–Trinajstić information content (AvgIpc) is 3.15. The van der Waals surface area contributed by atoms with Crippen molar-refractivity contribution in [2.45, 2.75) is 44.6 Å². The Balaban J connectivity index is 1.71. The van der Waals surface area contributed by atoms with Crippen molar-refractivity contribution in [3.05, 3.63) is 0 Å². The van der Waals surface area contributed by atoms with Gasteiger partial charge in [-0.1, -0.05) is 6.42 Å². The highest BCUT2D eigenvalue weighted by molar-refractivity contribution is 5.92. The first kappa shape index (κ1) is 14.4. The molecule has 116 valence electrons. The molecule has 2 amide bonds. The Kier molecular flexibility index (Phi) is 3.87. The third-order valence-corrected chi connectivity index (χ3v) is 4.86. The van der Waals surface area contributed by atoms with Gasteiger partial charge in [0.15, 0.2) is 0 Å². The SMILES string of the molecule is O=C(O)CC1C(=O)N(CC2CC2)CCN1C(=O)C1CCC1. The molecule has 0 bridgehead atoms. The molecule has 3 rings (SSSR count). The van der Waals surface area contributed by atoms with Crippen LogP contribution in [0.3, 0.4) is 0 Å². The molecule has 3 aliphatic rings. The van der Waals surface area contributed by atoms with E-state index in [0.29, 0.717) is 19.0 Å². The minimum absolute atomic E-state index is 0.00377. The van der Waals surface area contributed by atoms with E-state index >= 15 is 0 Å². The molecule has 0 aromatic rings. The molecule has 1 N–H and O–H groups in total. The van der Waals surface area contributed by atoms with Gasteiger partial charge in [0.05, 0.1) is 6.42 Å². The summed E-state index contributed by atoms with van der Waals surface area (Å²) in [7, 11) is 0. The van der Waals surface area contributed by atoms with Gasteiger partial charge in [-0.3, -0.25) is 14.4 Å². The standard InChI is InChI=1S/C15H22N2O4/c18-13(19)8-12-15(21)16(9-10-4-5-10)6-7-17(12)14(20)11-2-1-3-11/h10-12H,1-9H2,(H,18,19). The molecule has 21 heavy (non-hydrogen) atoms. The van der Waals surface area contributed by atoms with E-state index in [9.17, 15) is 14.4 Å². The van der Waals surface area contributed by atoms with Gasteiger partial charge < -0.3 is 14.9 Å². The summed E-state index contributed by atoms with van der Waals surface area (Å²) in [5.74, 6) is -0.638. The first-order valence-electron chi connectivity index (χ1n) is 7.87. The van der Waals surface area contributed by atoms with Gasteiger partial charge in [0.1, 0.15) is 6.04 Å². The van der Waals surface area contributed by atoms with Gasteiger partial charge in [-0.15, -0.1) is 0 Å². The van der Waals surface area contributed by atoms with Crippen LogP contribution in [0.1, 0.15) is 38.5 Å². The molecular weight excluding hydrogens is 272 g/mol. The number of hydrogen-bond acceptors (Lipinski definition) is 3. The van der Waals surface area contributed by atoms with Gasteiger partial charge in [-0.05, 0) is 31.6 Å². The molecule has 6 nitrogen and oxygen atoms in total. The molecule has 0 spiro atoms. The fourth-order valence-corrected chi connectivity index (χ4v) is 3.15. The summed E-state index contributed by atoms with van der Waals surface area (Å²) < 4.78 is 0. The first-order chi connectivity index (χ1) is 10.1. The number of piperazine rings is 1. The fraction of sp³-hybridized carbons (Fsp3) is 0.800. The van der Waals surface area contributed by atoms with Crippen LogP contribution in [-0.4, -0.2) is 58.4 Å². The van der Waals surface area contributed by atoms with Crippen molar-refractivity contribution >= 4 is 17.8 Å². The number of carbonyl (C=O) groups is 3. The summed E-state index contributed by atoms with van der Waals surface area (Å²) in [4.78, 5) is 39.3. The number of carboxylic acids is 1. The lowest BCUT2D eigenvalue weighted by molar-refractivity contribution is -0.158. The predicted octanol–water partition coefficient (Wildman–Crippen LogP) is 0.711. The zero-order valence-corrected chi connectivity index (χ0v) is 12.2. The number of hydrogen-bond donors (Lipinski definition) is 1. The maximum atomic E-state index is 12.5. The average molecular weight is 294 g/mol. The second-order valence-corrected chi connectivity index (χ2v) is 6.50. The van der Waals surface area contributed by atoms with Crippen LogP contribution in [0.4, 0.5) is 0 Å². The molecule has 1 saturated heterocycles. The van der Waals surface area contributed by atoms with Gasteiger partial charge in [-0.25, -0.2) is 0 Å². The van der Waals surface area contributed by atoms with Gasteiger partial charge >= 0.3 is 5.97 Å². The molecule has 0 aromatic heterocycles. The molecule has 0 aromatic carbocycles. The minimum atomic E-state index is -1.02. The summed E-state index contributed by atoms with van der Waals surface area (Å²) in [5.41, 5.74) is 0. The third kappa shape index (κ3) is 3.04. The number of nitrogens with zero attached hydrogens (tertiary/aromatic N) is 2. The zero-order valence-electron chi connectivity index (χ0n) is 12.2. The lowest BCUT2D eigenvalue weighted by Gasteiger charge is -2.42. The molecule has 1 heterocycles. The summed E-state index contributed by atoms with van der Waals surface area (Å²) in [6, 6.07) is -0.803. The number of carboxylic acid groups (broad SMARTS) is 1. The summed E-state index contributed by atoms with van der Waals surface area (Å²) in [6.45, 7) is 1.75. The van der Waals surface area contributed by atoms with Crippen LogP contribution in [0.15, 0.2) is 0 Å². The summed E-state index contributed by atoms with van der Waals surface area (Å²) >= 11 is 0. The maximum absolute atomic E-state index is 12.5. The fourth-order valence-electron chi connectivity index (χ4n) is 3.15. The van der Waals surface area contributed by atoms with E-state index < -0.39 is 12.0 Å². The Bertz CT molecular complexity index is 457. The predicted molar refractivity (Wildman–Crippen MR) is 74.4 cm³/mol. The molecular formula is C15H22N2O4. The molecule has 6 heteroatoms. The van der Waals surface area contributed by atoms with Crippen molar-refractivity contribution in [2.24, 2.45) is 11.8 Å². The van der Waals surface area contributed by atoms with Crippen molar-refractivity contribution in [1.29, 1.82) is 0 Å². The van der Waals surface area contributed by atoms with Crippen LogP contribution >= 0.6 is 0 Å². The van der Waals surface area contributed by atoms with Crippen LogP contribution in [-0.2, 0) is 14.4 Å². The Hall–Kier alpha value is -1.59. The molecule has 2 saturated carbocycles. The lowest BCUT2D eigenvalue weighted by atomic mass is 9.83. The normalized spacial score (nSPS) is 26.7. The van der Waals surface area contributed by atoms with E-state index in [1.54, 1.807) is 4.90 Å². The topological polar surface area (TPSA) is 77.9 Å². The molecule has 1 unspecified atom stereocenters. The van der Waals surface area contributed by atoms with E-state index in [2.05, 4.69) is 0 Å². The Morgan fingerprint density at radius 1 is 1.14 bits per heavy atom. The van der Waals surface area contributed by atoms with Crippen molar-refractivity contribution in [3.8, 4) is 0 Å². The monoisotopic (exact) mass is 294 g/mol. The van der Waals surface area contributed by atoms with E-state index in [-0.39, 0.29) is 24.2 Å². The van der Waals surface area contributed by atoms with Gasteiger partial charge in [0.25, 0.3) is 0 Å². The maximum Gasteiger partial charge on any atom is 0.305 e. The van der Waals surface area contributed by atoms with Crippen LogP contribution in [0.25, 0.3) is 0 Å². The minimum Gasteiger partial charge on any atom is -0.481 e. The zero-order chi connectivity index (χ0) is 15.0. The second-order valence-electron chi connectivity index (χ2n) is 6.50. The first-order valence-corrected chi connectivity index (χ1v) is 7.87. The van der Waals surface area contributed by atoms with Crippen molar-refractivity contribution in [2.75, 3.05) is 19.6 Å². The smallest absolute Gasteiger partial charge is 0.305 e. The highest BCUT2D eigenvalue weighted by Crippen LogP contribution is 2.33. The largest absolute Gasteiger partial charge is 0.481 e. The Labute approximate surface area is 124 Å². The van der Waals surface area contributed by atoms with E-state index in [1.807, 2.05) is 0 Å². The number of aliphatic carboxylic acids is 1. The van der Waals surface area contributed by atoms with Gasteiger partial charge in [0, 0.05) is 25.6 Å². The summed E-state index contributed by atoms with van der Waals surface area (Å²) in [6.07, 6.45) is 4.81. The van der Waals surface area contributed by atoms with Crippen LogP contribution in [0.2, 0.25) is 0 Å². The molecule has 1 atom stereocenters. The van der Waals surface area contributed by atoms with Crippen LogP contribution in [0.5, 0.6) is 0 Å². The van der Waals surface area contributed by atoms with Gasteiger partial charge in [0.2, 0.25) is 11.8 Å². The Morgan fingerprint density at radius 2 is 1.86 bits per heavy atom. The van der Waals surface area contributed by atoms with Crippen LogP contribution < -0.4 is 0 Å². The molecule has 3 fully saturated rings. The van der Waals surface area contributed by atoms with Crippen LogP contribution in [0, 0.1) is 11.8 Å². The summed E-state index contributed by atoms with van der Waals surface area (Å²) in [5, 5.41) is 9.06. The number of carbonyl (C=O) groups excluding carboxylic acids is 2. The number of amides is 2. The number of rotatable bonds is 5. The van der Waals surface area contributed by atoms with Crippen molar-refractivity contribution in [1.82, 2.24) is 9.80 Å². The van der Waals surface area contributed by atoms with E-state index in [0.717, 1.165) is 38.6 Å². The highest BCUT2D eigenvalue weighted by Gasteiger charge is 2.42. The Morgan fingerprint density at radius 3 is 2.38 bits per heavy atom. The van der Waals surface area contributed by atoms with E-state index in [4.69, 9.17) is 5.11 Å². The van der Waals surface area contributed by atoms with Gasteiger partial charge in [-0.2, -0.15) is 0 Å². The van der Waals surface area contributed by atoms with Crippen molar-refractivity contribution in [3.63, 3.8) is 0 Å². The molecule has 2 aliphatic carbocycles. The molecule has 1 aliphatic heterocycles. The third-order valence-electron chi connectivity index (χ3n) is 4.86. The second kappa shape index (κ2) is 5.66. The highest BCUT2D eigenvalue weighted by atomic mass is 16.4. The van der Waals surface area contributed by atoms with E-state index in [1.165, 1.54) is 4.90 Å². The quantitative estimate of drug-likeness (QED) is 0.810. The molecule has 0 radical (unpaired) electrons. The van der Waals surface area contributed by atoms with Crippen molar-refractivity contribution < 1.29 is 19.5 Å².